The average Bonchev–Trinajstić information content (AvgIpc) is 2.98. The van der Waals surface area contributed by atoms with Crippen molar-refractivity contribution in [3.8, 4) is 11.4 Å². The second kappa shape index (κ2) is 8.84. The highest BCUT2D eigenvalue weighted by Crippen LogP contribution is 2.34. The average molecular weight is 507 g/mol. The molecule has 0 atom stereocenters. The molecule has 1 heterocycles. The SMILES string of the molecule is Cn1c(SCC(=O)Nc2c(Cl)cc(Cl)cc2Cl)nnc1-c1ccc(Br)cc1. The van der Waals surface area contributed by atoms with Crippen molar-refractivity contribution >= 4 is 74.1 Å². The standard InChI is InChI=1S/C17H12BrCl3N4OS/c1-25-16(9-2-4-10(18)5-3-9)23-24-17(25)27-8-14(26)22-15-12(20)6-11(19)7-13(15)21/h2-7H,8H2,1H3,(H,22,26). The van der Waals surface area contributed by atoms with Crippen LogP contribution >= 0.6 is 62.5 Å². The Balaban J connectivity index is 1.67. The molecule has 27 heavy (non-hydrogen) atoms. The zero-order valence-electron chi connectivity index (χ0n) is 13.8. The van der Waals surface area contributed by atoms with Gasteiger partial charge in [-0.3, -0.25) is 4.79 Å². The van der Waals surface area contributed by atoms with Crippen LogP contribution < -0.4 is 5.32 Å². The lowest BCUT2D eigenvalue weighted by atomic mass is 10.2. The summed E-state index contributed by atoms with van der Waals surface area (Å²) in [5.41, 5.74) is 1.27. The first-order chi connectivity index (χ1) is 12.8. The van der Waals surface area contributed by atoms with Crippen LogP contribution in [0.1, 0.15) is 0 Å². The normalized spacial score (nSPS) is 10.9. The van der Waals surface area contributed by atoms with E-state index in [1.54, 1.807) is 0 Å². The second-order valence-electron chi connectivity index (χ2n) is 5.45. The lowest BCUT2D eigenvalue weighted by molar-refractivity contribution is -0.113. The third-order valence-corrected chi connectivity index (χ3v) is 5.90. The van der Waals surface area contributed by atoms with E-state index in [0.717, 1.165) is 10.0 Å². The Kier molecular flexibility index (Phi) is 6.70. The number of thioether (sulfide) groups is 1. The summed E-state index contributed by atoms with van der Waals surface area (Å²) in [7, 11) is 1.85. The number of hydrogen-bond acceptors (Lipinski definition) is 4. The van der Waals surface area contributed by atoms with Gasteiger partial charge in [0, 0.05) is 22.1 Å². The third-order valence-electron chi connectivity index (χ3n) is 3.54. The summed E-state index contributed by atoms with van der Waals surface area (Å²) in [6.45, 7) is 0. The summed E-state index contributed by atoms with van der Waals surface area (Å²) >= 11 is 22.7. The number of benzene rings is 2. The van der Waals surface area contributed by atoms with Gasteiger partial charge >= 0.3 is 0 Å². The van der Waals surface area contributed by atoms with Gasteiger partial charge in [0.2, 0.25) is 5.91 Å². The first-order valence-corrected chi connectivity index (χ1v) is 10.5. The van der Waals surface area contributed by atoms with Gasteiger partial charge in [0.1, 0.15) is 0 Å². The van der Waals surface area contributed by atoms with Crippen molar-refractivity contribution < 1.29 is 4.79 Å². The van der Waals surface area contributed by atoms with Crippen LogP contribution in [0.5, 0.6) is 0 Å². The fourth-order valence-electron chi connectivity index (χ4n) is 2.26. The van der Waals surface area contributed by atoms with Crippen molar-refractivity contribution in [3.63, 3.8) is 0 Å². The molecule has 10 heteroatoms. The number of rotatable bonds is 5. The molecular formula is C17H12BrCl3N4OS. The lowest BCUT2D eigenvalue weighted by Crippen LogP contribution is -2.15. The number of nitrogens with one attached hydrogen (secondary N) is 1. The van der Waals surface area contributed by atoms with Gasteiger partial charge in [-0.05, 0) is 24.3 Å². The van der Waals surface area contributed by atoms with Crippen molar-refractivity contribution in [2.75, 3.05) is 11.1 Å². The molecule has 0 aliphatic heterocycles. The molecule has 140 valence electrons. The molecule has 1 aromatic heterocycles. The predicted molar refractivity (Wildman–Crippen MR) is 115 cm³/mol. The molecule has 2 aromatic carbocycles. The van der Waals surface area contributed by atoms with E-state index in [4.69, 9.17) is 34.8 Å². The molecule has 0 aliphatic carbocycles. The molecule has 5 nitrogen and oxygen atoms in total. The topological polar surface area (TPSA) is 59.8 Å². The lowest BCUT2D eigenvalue weighted by Gasteiger charge is -2.09. The van der Waals surface area contributed by atoms with Crippen LogP contribution in [0.3, 0.4) is 0 Å². The summed E-state index contributed by atoms with van der Waals surface area (Å²) in [6.07, 6.45) is 0. The van der Waals surface area contributed by atoms with E-state index in [1.807, 2.05) is 35.9 Å². The molecule has 0 saturated heterocycles. The van der Waals surface area contributed by atoms with E-state index in [2.05, 4.69) is 31.4 Å². The molecule has 0 fully saturated rings. The smallest absolute Gasteiger partial charge is 0.234 e. The highest BCUT2D eigenvalue weighted by Gasteiger charge is 2.15. The van der Waals surface area contributed by atoms with Gasteiger partial charge in [0.15, 0.2) is 11.0 Å². The molecule has 1 N–H and O–H groups in total. The van der Waals surface area contributed by atoms with Crippen LogP contribution in [0.4, 0.5) is 5.69 Å². The summed E-state index contributed by atoms with van der Waals surface area (Å²) in [4.78, 5) is 12.3. The van der Waals surface area contributed by atoms with Crippen molar-refractivity contribution in [2.45, 2.75) is 5.16 Å². The molecule has 3 aromatic rings. The fraction of sp³-hybridized carbons (Fsp3) is 0.118. The van der Waals surface area contributed by atoms with Crippen LogP contribution in [-0.4, -0.2) is 26.4 Å². The summed E-state index contributed by atoms with van der Waals surface area (Å²) in [5.74, 6) is 0.579. The van der Waals surface area contributed by atoms with Gasteiger partial charge in [-0.15, -0.1) is 10.2 Å². The van der Waals surface area contributed by atoms with Gasteiger partial charge in [-0.25, -0.2) is 0 Å². The quantitative estimate of drug-likeness (QED) is 0.436. The minimum atomic E-state index is -0.265. The van der Waals surface area contributed by atoms with Crippen LogP contribution in [0.15, 0.2) is 46.0 Å². The molecule has 3 rings (SSSR count). The predicted octanol–water partition coefficient (Wildman–Crippen LogP) is 5.94. The summed E-state index contributed by atoms with van der Waals surface area (Å²) in [5, 5.41) is 12.6. The van der Waals surface area contributed by atoms with E-state index in [-0.39, 0.29) is 21.7 Å². The minimum absolute atomic E-state index is 0.127. The Hall–Kier alpha value is -1.25. The number of anilines is 1. The van der Waals surface area contributed by atoms with E-state index in [1.165, 1.54) is 23.9 Å². The van der Waals surface area contributed by atoms with Crippen molar-refractivity contribution in [2.24, 2.45) is 7.05 Å². The molecule has 1 amide bonds. The summed E-state index contributed by atoms with van der Waals surface area (Å²) < 4.78 is 2.82. The number of halogens is 4. The number of aromatic nitrogens is 3. The highest BCUT2D eigenvalue weighted by molar-refractivity contribution is 9.10. The molecule has 0 bridgehead atoms. The van der Waals surface area contributed by atoms with Gasteiger partial charge in [0.05, 0.1) is 21.5 Å². The number of carbonyl (C=O) groups excluding carboxylic acids is 1. The Morgan fingerprint density at radius 1 is 1.15 bits per heavy atom. The molecule has 0 unspecified atom stereocenters. The van der Waals surface area contributed by atoms with Crippen molar-refractivity contribution in [1.29, 1.82) is 0 Å². The Labute approximate surface area is 183 Å². The Morgan fingerprint density at radius 2 is 1.78 bits per heavy atom. The Morgan fingerprint density at radius 3 is 2.41 bits per heavy atom. The van der Waals surface area contributed by atoms with E-state index < -0.39 is 0 Å². The monoisotopic (exact) mass is 504 g/mol. The largest absolute Gasteiger partial charge is 0.323 e. The minimum Gasteiger partial charge on any atom is -0.323 e. The molecule has 0 radical (unpaired) electrons. The summed E-state index contributed by atoms with van der Waals surface area (Å²) in [6, 6.07) is 10.8. The zero-order chi connectivity index (χ0) is 19.6. The van der Waals surface area contributed by atoms with Crippen molar-refractivity contribution in [1.82, 2.24) is 14.8 Å². The highest BCUT2D eigenvalue weighted by atomic mass is 79.9. The third kappa shape index (κ3) is 4.97. The van der Waals surface area contributed by atoms with Gasteiger partial charge in [-0.1, -0.05) is 74.6 Å². The van der Waals surface area contributed by atoms with Gasteiger partial charge in [-0.2, -0.15) is 0 Å². The van der Waals surface area contributed by atoms with Gasteiger partial charge < -0.3 is 9.88 Å². The van der Waals surface area contributed by atoms with E-state index in [0.29, 0.717) is 21.7 Å². The van der Waals surface area contributed by atoms with Gasteiger partial charge in [0.25, 0.3) is 0 Å². The van der Waals surface area contributed by atoms with Crippen molar-refractivity contribution in [3.05, 3.63) is 55.9 Å². The Bertz CT molecular complexity index is 971. The number of nitrogens with zero attached hydrogens (tertiary/aromatic N) is 3. The molecule has 0 spiro atoms. The first-order valence-electron chi connectivity index (χ1n) is 7.57. The maximum absolute atomic E-state index is 12.3. The number of carbonyl (C=O) groups is 1. The van der Waals surface area contributed by atoms with Crippen LogP contribution in [0.2, 0.25) is 15.1 Å². The molecule has 0 saturated carbocycles. The van der Waals surface area contributed by atoms with Crippen LogP contribution in [0, 0.1) is 0 Å². The van der Waals surface area contributed by atoms with E-state index in [9.17, 15) is 4.79 Å². The maximum atomic E-state index is 12.3. The van der Waals surface area contributed by atoms with Crippen LogP contribution in [0.25, 0.3) is 11.4 Å². The number of hydrogen-bond donors (Lipinski definition) is 1. The first kappa shape index (κ1) is 20.5. The van der Waals surface area contributed by atoms with Crippen LogP contribution in [-0.2, 0) is 11.8 Å². The van der Waals surface area contributed by atoms with E-state index >= 15 is 0 Å². The molecular weight excluding hydrogens is 495 g/mol. The maximum Gasteiger partial charge on any atom is 0.234 e. The zero-order valence-corrected chi connectivity index (χ0v) is 18.5. The number of amides is 1. The second-order valence-corrected chi connectivity index (χ2v) is 8.56. The fourth-order valence-corrected chi connectivity index (χ4v) is 4.14. The molecule has 0 aliphatic rings.